The van der Waals surface area contributed by atoms with E-state index in [1.807, 2.05) is 0 Å². The monoisotopic (exact) mass is 243 g/mol. The SMILES string of the molecule is [2H]C1([2H])NC([2H])(C([2H])(C(=O)OC)c2ccccc2)C([2H])([2H])C([2H])([2H])C1([2H])[2H]. The van der Waals surface area contributed by atoms with Crippen LogP contribution in [0.2, 0.25) is 0 Å². The number of benzene rings is 1. The molecule has 1 aliphatic heterocycles. The van der Waals surface area contributed by atoms with Crippen molar-refractivity contribution in [2.75, 3.05) is 13.6 Å². The van der Waals surface area contributed by atoms with E-state index in [4.69, 9.17) is 13.7 Å². The third-order valence-corrected chi connectivity index (χ3v) is 2.20. The molecule has 1 saturated heterocycles. The normalized spacial score (nSPS) is 48.5. The van der Waals surface area contributed by atoms with Crippen molar-refractivity contribution in [3.8, 4) is 0 Å². The molecule has 0 radical (unpaired) electrons. The van der Waals surface area contributed by atoms with Crippen LogP contribution >= 0.6 is 0 Å². The van der Waals surface area contributed by atoms with Crippen LogP contribution in [0.15, 0.2) is 30.3 Å². The van der Waals surface area contributed by atoms with Crippen LogP contribution in [0, 0.1) is 0 Å². The molecule has 92 valence electrons. The Bertz CT molecular complexity index is 741. The highest BCUT2D eigenvalue weighted by Gasteiger charge is 2.31. The van der Waals surface area contributed by atoms with Gasteiger partial charge in [0.2, 0.25) is 0 Å². The van der Waals surface area contributed by atoms with Crippen molar-refractivity contribution in [1.29, 1.82) is 0 Å². The van der Waals surface area contributed by atoms with Gasteiger partial charge in [-0.05, 0) is 24.8 Å². The first-order chi connectivity index (χ1) is 12.0. The number of hydrogen-bond acceptors (Lipinski definition) is 3. The van der Waals surface area contributed by atoms with E-state index in [0.29, 0.717) is 0 Å². The molecule has 0 saturated carbocycles. The smallest absolute Gasteiger partial charge is 0.314 e. The molecule has 0 aromatic heterocycles. The quantitative estimate of drug-likeness (QED) is 0.826. The lowest BCUT2D eigenvalue weighted by Gasteiger charge is -2.29. The van der Waals surface area contributed by atoms with E-state index >= 15 is 0 Å². The van der Waals surface area contributed by atoms with Crippen LogP contribution in [0.1, 0.15) is 44.3 Å². The topological polar surface area (TPSA) is 38.3 Å². The summed E-state index contributed by atoms with van der Waals surface area (Å²) in [6, 6.07) is 3.53. The van der Waals surface area contributed by atoms with Gasteiger partial charge < -0.3 is 10.1 Å². The van der Waals surface area contributed by atoms with Crippen LogP contribution in [0.4, 0.5) is 0 Å². The van der Waals surface area contributed by atoms with Crippen LogP contribution in [0.25, 0.3) is 0 Å². The zero-order valence-electron chi connectivity index (χ0n) is 19.2. The molecule has 2 unspecified atom stereocenters. The second-order valence-electron chi connectivity index (χ2n) is 3.23. The molecule has 17 heavy (non-hydrogen) atoms. The van der Waals surface area contributed by atoms with Crippen molar-refractivity contribution in [3.05, 3.63) is 35.9 Å². The first-order valence-electron chi connectivity index (χ1n) is 9.98. The first-order valence-corrected chi connectivity index (χ1v) is 4.98. The Hall–Kier alpha value is -1.35. The molecule has 1 fully saturated rings. The maximum absolute atomic E-state index is 12.5. The van der Waals surface area contributed by atoms with Gasteiger partial charge in [-0.1, -0.05) is 36.7 Å². The third-order valence-electron chi connectivity index (χ3n) is 2.20. The molecule has 2 atom stereocenters. The minimum Gasteiger partial charge on any atom is -0.469 e. The summed E-state index contributed by atoms with van der Waals surface area (Å²) in [4.78, 5) is 12.5. The van der Waals surface area contributed by atoms with Crippen molar-refractivity contribution in [2.45, 2.75) is 31.0 Å². The number of ether oxygens (including phenoxy) is 1. The van der Waals surface area contributed by atoms with Crippen LogP contribution in [0.3, 0.4) is 0 Å². The Balaban J connectivity index is 2.88. The average molecular weight is 243 g/mol. The van der Waals surface area contributed by atoms with Crippen LogP contribution in [-0.2, 0) is 9.53 Å². The maximum Gasteiger partial charge on any atom is 0.314 e. The molecule has 0 spiro atoms. The van der Waals surface area contributed by atoms with Crippen molar-refractivity contribution in [3.63, 3.8) is 0 Å². The predicted molar refractivity (Wildman–Crippen MR) is 66.8 cm³/mol. The molecule has 0 amide bonds. The number of methoxy groups -OCH3 is 1. The minimum atomic E-state index is -3.58. The zero-order valence-corrected chi connectivity index (χ0v) is 9.20. The highest BCUT2D eigenvalue weighted by Crippen LogP contribution is 2.26. The number of nitrogens with one attached hydrogen (secondary N) is 1. The Morgan fingerprint density at radius 1 is 1.59 bits per heavy atom. The van der Waals surface area contributed by atoms with E-state index < -0.39 is 43.5 Å². The van der Waals surface area contributed by atoms with Crippen LogP contribution < -0.4 is 5.32 Å². The van der Waals surface area contributed by atoms with Gasteiger partial charge in [-0.2, -0.15) is 0 Å². The summed E-state index contributed by atoms with van der Waals surface area (Å²) in [5, 5.41) is 1.78. The van der Waals surface area contributed by atoms with E-state index in [0.717, 1.165) is 7.11 Å². The largest absolute Gasteiger partial charge is 0.469 e. The van der Waals surface area contributed by atoms with Crippen LogP contribution in [-0.4, -0.2) is 25.6 Å². The highest BCUT2D eigenvalue weighted by molar-refractivity contribution is 5.79. The molecule has 1 N–H and O–H groups in total. The summed E-state index contributed by atoms with van der Waals surface area (Å²) in [5.41, 5.74) is -0.239. The number of rotatable bonds is 3. The number of carbonyl (C=O) groups excluding carboxylic acids is 1. The molecule has 0 bridgehead atoms. The molecule has 1 aliphatic rings. The van der Waals surface area contributed by atoms with Gasteiger partial charge >= 0.3 is 5.97 Å². The number of hydrogen-bond donors (Lipinski definition) is 1. The molecule has 1 aromatic rings. The second-order valence-corrected chi connectivity index (χ2v) is 3.23. The number of carbonyl (C=O) groups is 1. The fourth-order valence-corrected chi connectivity index (χ4v) is 1.45. The minimum absolute atomic E-state index is 0.239. The lowest BCUT2D eigenvalue weighted by atomic mass is 9.86. The lowest BCUT2D eigenvalue weighted by Crippen LogP contribution is -2.42. The standard InChI is InChI=1S/C14H19NO2/c1-17-14(16)13(11-7-3-2-4-8-11)12-9-5-6-10-15-12/h2-4,7-8,12-13,15H,5-6,9-10H2,1H3/i5D2,6D2,9D2,10D2,12D,13D. The molecule has 3 nitrogen and oxygen atoms in total. The maximum atomic E-state index is 12.5. The zero-order chi connectivity index (χ0) is 21.1. The predicted octanol–water partition coefficient (Wildman–Crippen LogP) is 2.09. The third kappa shape index (κ3) is 2.86. The molecule has 1 aromatic carbocycles. The molecule has 1 heterocycles. The summed E-state index contributed by atoms with van der Waals surface area (Å²) in [6.45, 7) is -3.28. The van der Waals surface area contributed by atoms with Crippen molar-refractivity contribution in [2.24, 2.45) is 0 Å². The van der Waals surface area contributed by atoms with Crippen molar-refractivity contribution in [1.82, 2.24) is 5.32 Å². The Kier molecular flexibility index (Phi) is 1.62. The van der Waals surface area contributed by atoms with E-state index in [2.05, 4.69) is 4.74 Å². The van der Waals surface area contributed by atoms with Gasteiger partial charge in [-0.3, -0.25) is 4.79 Å². The van der Waals surface area contributed by atoms with Gasteiger partial charge in [0.15, 0.2) is 0 Å². The van der Waals surface area contributed by atoms with E-state index in [1.54, 1.807) is 5.32 Å². The van der Waals surface area contributed by atoms with Gasteiger partial charge in [-0.15, -0.1) is 0 Å². The molecular formula is C14H19NO2. The van der Waals surface area contributed by atoms with Gasteiger partial charge in [0.25, 0.3) is 0 Å². The van der Waals surface area contributed by atoms with Gasteiger partial charge in [0.1, 0.15) is 0 Å². The Morgan fingerprint density at radius 3 is 3.06 bits per heavy atom. The Labute approximate surface area is 116 Å². The summed E-state index contributed by atoms with van der Waals surface area (Å²) in [7, 11) is 0.902. The number of esters is 1. The van der Waals surface area contributed by atoms with Crippen molar-refractivity contribution >= 4 is 5.97 Å². The summed E-state index contributed by atoms with van der Waals surface area (Å²) in [6.07, 6.45) is -10.5. The van der Waals surface area contributed by atoms with Gasteiger partial charge in [-0.25, -0.2) is 0 Å². The summed E-state index contributed by atoms with van der Waals surface area (Å²) >= 11 is 0. The van der Waals surface area contributed by atoms with E-state index in [-0.39, 0.29) is 5.56 Å². The van der Waals surface area contributed by atoms with Gasteiger partial charge in [0, 0.05) is 19.7 Å². The average Bonchev–Trinajstić information content (AvgIpc) is 2.58. The van der Waals surface area contributed by atoms with Crippen molar-refractivity contribution < 1.29 is 23.2 Å². The van der Waals surface area contributed by atoms with E-state index in [9.17, 15) is 4.79 Å². The van der Waals surface area contributed by atoms with Crippen LogP contribution in [0.5, 0.6) is 0 Å². The Morgan fingerprint density at radius 2 is 2.35 bits per heavy atom. The molecule has 0 aliphatic carbocycles. The van der Waals surface area contributed by atoms with Gasteiger partial charge in [0.05, 0.1) is 13.0 Å². The fourth-order valence-electron chi connectivity index (χ4n) is 1.45. The first kappa shape index (κ1) is 4.73. The summed E-state index contributed by atoms with van der Waals surface area (Å²) in [5.74, 6) is -4.38. The molecule has 3 heteroatoms. The lowest BCUT2D eigenvalue weighted by molar-refractivity contribution is -0.143. The fraction of sp³-hybridized carbons (Fsp3) is 0.500. The molecule has 2 rings (SSSR count). The number of piperidine rings is 1. The highest BCUT2D eigenvalue weighted by atomic mass is 16.5. The molecular weight excluding hydrogens is 214 g/mol. The van der Waals surface area contributed by atoms with E-state index in [1.165, 1.54) is 30.3 Å². The second kappa shape index (κ2) is 5.82. The summed E-state index contributed by atoms with van der Waals surface area (Å²) < 4.78 is 85.5.